The van der Waals surface area contributed by atoms with Crippen molar-refractivity contribution in [3.63, 3.8) is 0 Å². The molecule has 1 radical (unpaired) electrons. The Bertz CT molecular complexity index is 2790. The van der Waals surface area contributed by atoms with Crippen molar-refractivity contribution >= 4 is 90.0 Å². The molecular weight excluding hydrogens is 969 g/mol. The third-order valence-electron chi connectivity index (χ3n) is 8.23. The van der Waals surface area contributed by atoms with Gasteiger partial charge in [-0.05, 0) is 61.6 Å². The van der Waals surface area contributed by atoms with E-state index in [2.05, 4.69) is 82.1 Å². The van der Waals surface area contributed by atoms with E-state index in [0.29, 0.717) is 5.69 Å². The zero-order chi connectivity index (χ0) is 46.9. The van der Waals surface area contributed by atoms with Crippen LogP contribution in [0.15, 0.2) is 154 Å². The summed E-state index contributed by atoms with van der Waals surface area (Å²) >= 11 is 7.61. The second-order valence-corrected chi connectivity index (χ2v) is 15.0. The van der Waals surface area contributed by atoms with Gasteiger partial charge in [0.1, 0.15) is 22.9 Å². The monoisotopic (exact) mass is 1000 g/mol. The minimum atomic E-state index is -0.583. The molecule has 0 amide bonds. The van der Waals surface area contributed by atoms with Gasteiger partial charge < -0.3 is 40.7 Å². The number of nitro groups is 3. The number of hydrogen-bond donors (Lipinski definition) is 4. The number of hydrazine groups is 1. The average molecular weight is 1000 g/mol. The van der Waals surface area contributed by atoms with Gasteiger partial charge in [0.2, 0.25) is 0 Å². The van der Waals surface area contributed by atoms with Crippen LogP contribution in [-0.2, 0) is 32.9 Å². The van der Waals surface area contributed by atoms with Crippen LogP contribution in [-0.4, -0.2) is 61.1 Å². The quantitative estimate of drug-likeness (QED) is 0.0497. The average Bonchev–Trinajstić information content (AvgIpc) is 3.98. The molecule has 27 heteroatoms. The first-order valence-electron chi connectivity index (χ1n) is 18.5. The molecule has 3 heterocycles. The maximum atomic E-state index is 10.9. The zero-order valence-corrected chi connectivity index (χ0v) is 37.2. The number of thiazole rings is 2. The van der Waals surface area contributed by atoms with E-state index in [1.807, 2.05) is 30.3 Å². The van der Waals surface area contributed by atoms with Crippen molar-refractivity contribution in [3.8, 4) is 0 Å². The number of rotatable bonds is 13. The Morgan fingerprint density at radius 3 is 1.71 bits per heavy atom. The Hall–Kier alpha value is -7.91. The molecule has 5 aromatic rings. The molecule has 343 valence electrons. The van der Waals surface area contributed by atoms with Crippen LogP contribution in [0.3, 0.4) is 0 Å². The van der Waals surface area contributed by atoms with Crippen molar-refractivity contribution in [3.05, 3.63) is 178 Å². The Balaban J connectivity index is 0.000000225. The topological polar surface area (TPSA) is 313 Å². The number of hydrogen-bond acceptors (Lipinski definition) is 19. The number of carbonyl (C=O) groups excluding carboxylic acids is 2. The number of nitrogens with zero attached hydrogens (tertiary/aromatic N) is 11. The van der Waals surface area contributed by atoms with Gasteiger partial charge in [0.05, 0.1) is 37.7 Å². The predicted molar refractivity (Wildman–Crippen MR) is 241 cm³/mol. The number of aliphatic hydroxyl groups is 2. The third-order valence-corrected chi connectivity index (χ3v) is 10.2. The van der Waals surface area contributed by atoms with Gasteiger partial charge in [-0.15, -0.1) is 0 Å². The second kappa shape index (κ2) is 24.8. The van der Waals surface area contributed by atoms with Crippen LogP contribution in [0.4, 0.5) is 32.8 Å². The normalized spacial score (nSPS) is 14.5. The van der Waals surface area contributed by atoms with Crippen molar-refractivity contribution in [2.45, 2.75) is 13.5 Å². The number of ketones is 2. The van der Waals surface area contributed by atoms with E-state index in [-0.39, 0.29) is 81.6 Å². The molecule has 0 fully saturated rings. The van der Waals surface area contributed by atoms with Gasteiger partial charge in [-0.3, -0.25) is 55.6 Å². The van der Waals surface area contributed by atoms with Gasteiger partial charge in [0, 0.05) is 87.4 Å². The van der Waals surface area contributed by atoms with E-state index in [9.17, 15) is 50.1 Å². The van der Waals surface area contributed by atoms with Crippen LogP contribution in [0.2, 0.25) is 5.02 Å². The summed E-state index contributed by atoms with van der Waals surface area (Å²) in [5.74, 6) is -1.32. The molecule has 0 saturated heterocycles. The molecule has 66 heavy (non-hydrogen) atoms. The van der Waals surface area contributed by atoms with E-state index < -0.39 is 14.8 Å². The van der Waals surface area contributed by atoms with Crippen LogP contribution >= 0.6 is 34.3 Å². The van der Waals surface area contributed by atoms with Crippen LogP contribution in [0.5, 0.6) is 0 Å². The van der Waals surface area contributed by atoms with Gasteiger partial charge in [0.25, 0.3) is 5.69 Å². The van der Waals surface area contributed by atoms with Gasteiger partial charge in [0.15, 0.2) is 30.5 Å². The molecule has 23 nitrogen and oxygen atoms in total. The molecule has 2 aliphatic rings. The number of aliphatic hydroxyl groups excluding tert-OH is 2. The number of carbonyl (C=O) groups is 2. The molecule has 2 aromatic carbocycles. The Morgan fingerprint density at radius 1 is 0.742 bits per heavy atom. The summed E-state index contributed by atoms with van der Waals surface area (Å²) in [5.41, 5.74) is 8.75. The van der Waals surface area contributed by atoms with Gasteiger partial charge in [-0.2, -0.15) is 0 Å². The minimum Gasteiger partial charge on any atom is -0.506 e. The number of nitro benzene ring substituents is 1. The molecule has 0 unspecified atom stereocenters. The van der Waals surface area contributed by atoms with Gasteiger partial charge in [-0.25, -0.2) is 4.57 Å². The minimum absolute atomic E-state index is 0. The summed E-state index contributed by atoms with van der Waals surface area (Å²) in [6.45, 7) is 4.88. The Kier molecular flexibility index (Phi) is 19.1. The number of non-ortho nitro benzene ring substituents is 1. The standard InChI is InChI=1S/C21H23ClN5O2.2C9H6N4O4S.Co/c1-2-26(15-14-25-12-4-3-5-13-25)18-8-6-17(7-9-18)23-24-21-11-10-19(27(28)29)16-20(21)22;2*14-5-1-2-6(7(15)3-5)11-12-9-10-4-8(18-9)13(16)17;/h3-13,16,23-24H,2,14-15H2,1H3;2*1-4H,(H2,10,12,14,15);/q+1;;;/p-2. The molecule has 4 N–H and O–H groups in total. The van der Waals surface area contributed by atoms with Gasteiger partial charge >= 0.3 is 10.0 Å². The van der Waals surface area contributed by atoms with Crippen LogP contribution in [0, 0.1) is 30.3 Å². The van der Waals surface area contributed by atoms with Crippen molar-refractivity contribution in [2.75, 3.05) is 28.8 Å². The number of anilines is 3. The molecular formula is C39H33ClCoN13O10S2-. The molecule has 0 saturated carbocycles. The summed E-state index contributed by atoms with van der Waals surface area (Å²) in [7, 11) is 0. The van der Waals surface area contributed by atoms with E-state index in [0.717, 1.165) is 78.2 Å². The predicted octanol–water partition coefficient (Wildman–Crippen LogP) is 5.40. The van der Waals surface area contributed by atoms with E-state index in [1.54, 1.807) is 6.07 Å². The third kappa shape index (κ3) is 15.4. The number of likely N-dealkylation sites (N-methyl/N-ethyl adjacent to an activating group) is 1. The summed E-state index contributed by atoms with van der Waals surface area (Å²) in [6.07, 6.45) is 13.3. The van der Waals surface area contributed by atoms with E-state index >= 15 is 0 Å². The first kappa shape index (κ1) is 50.7. The maximum absolute atomic E-state index is 10.9. The first-order valence-corrected chi connectivity index (χ1v) is 20.5. The summed E-state index contributed by atoms with van der Waals surface area (Å²) in [4.78, 5) is 61.6. The van der Waals surface area contributed by atoms with E-state index in [1.165, 1.54) is 36.4 Å². The Morgan fingerprint density at radius 2 is 1.27 bits per heavy atom. The van der Waals surface area contributed by atoms with Gasteiger partial charge in [-0.1, -0.05) is 40.3 Å². The number of benzene rings is 2. The number of halogens is 1. The summed E-state index contributed by atoms with van der Waals surface area (Å²) < 4.78 is 2.16. The Labute approximate surface area is 395 Å². The largest absolute Gasteiger partial charge is 0.506 e. The fourth-order valence-corrected chi connectivity index (χ4v) is 6.38. The summed E-state index contributed by atoms with van der Waals surface area (Å²) in [5, 5.41) is 64.9. The molecule has 0 aliphatic heterocycles. The number of nitrogens with one attached hydrogen (secondary N) is 2. The second-order valence-electron chi connectivity index (χ2n) is 12.6. The summed E-state index contributed by atoms with van der Waals surface area (Å²) in [6, 6.07) is 18.4. The molecule has 0 bridgehead atoms. The van der Waals surface area contributed by atoms with Crippen LogP contribution in [0.25, 0.3) is 0 Å². The van der Waals surface area contributed by atoms with E-state index in [4.69, 9.17) is 11.6 Å². The van der Waals surface area contributed by atoms with Crippen molar-refractivity contribution in [1.82, 2.24) is 9.97 Å². The number of pyridine rings is 1. The molecule has 7 rings (SSSR count). The zero-order valence-electron chi connectivity index (χ0n) is 33.8. The van der Waals surface area contributed by atoms with Crippen molar-refractivity contribution in [2.24, 2.45) is 20.4 Å². The SMILES string of the molecule is CCN(CC[n+]1ccccc1)c1ccc(NNc2ccc([N+](=O)[O-])cc2Cl)cc1.O=C1C=CC(=NN=c2[n-]cc([N+](=O)[O-])s2)C(O)=C1.O=C1C=CC(=NN=c2[n-]cc([N+](=O)[O-])s2)C(O)=C1.[Co]. The number of allylic oxidation sites excluding steroid dienone is 6. The van der Waals surface area contributed by atoms with Crippen molar-refractivity contribution in [1.29, 1.82) is 0 Å². The maximum Gasteiger partial charge on any atom is 0.319 e. The number of aromatic nitrogens is 3. The molecule has 0 atom stereocenters. The molecule has 2 aliphatic carbocycles. The fourth-order valence-electron chi connectivity index (χ4n) is 5.05. The smallest absolute Gasteiger partial charge is 0.319 e. The van der Waals surface area contributed by atoms with Crippen LogP contribution < -0.4 is 39.9 Å². The molecule has 0 spiro atoms. The fraction of sp³-hybridized carbons (Fsp3) is 0.103. The van der Waals surface area contributed by atoms with Crippen LogP contribution in [0.1, 0.15) is 6.92 Å². The molecule has 3 aromatic heterocycles. The van der Waals surface area contributed by atoms with Crippen molar-refractivity contribution < 1.29 is 55.9 Å². The first-order chi connectivity index (χ1) is 31.2.